The van der Waals surface area contributed by atoms with Gasteiger partial charge in [0.05, 0.1) is 29.8 Å². The number of rotatable bonds is 7. The molecule has 4 rings (SSSR count). The minimum Gasteiger partial charge on any atom is -0.392 e. The molecule has 3 saturated carbocycles. The van der Waals surface area contributed by atoms with E-state index in [1.807, 2.05) is 6.08 Å². The van der Waals surface area contributed by atoms with E-state index < -0.39 is 24.0 Å². The Morgan fingerprint density at radius 2 is 1.71 bits per heavy atom. The Balaban J connectivity index is 1.45. The van der Waals surface area contributed by atoms with E-state index in [0.29, 0.717) is 25.2 Å². The van der Waals surface area contributed by atoms with Gasteiger partial charge in [0, 0.05) is 24.3 Å². The van der Waals surface area contributed by atoms with Crippen LogP contribution in [0.25, 0.3) is 0 Å². The monoisotopic (exact) mass is 486 g/mol. The zero-order valence-electron chi connectivity index (χ0n) is 21.5. The first-order valence-corrected chi connectivity index (χ1v) is 13.5. The van der Waals surface area contributed by atoms with E-state index >= 15 is 0 Å². The van der Waals surface area contributed by atoms with Crippen molar-refractivity contribution in [2.24, 2.45) is 28.8 Å². The van der Waals surface area contributed by atoms with Crippen LogP contribution in [-0.2, 0) is 14.4 Å². The van der Waals surface area contributed by atoms with Crippen LogP contribution in [0.5, 0.6) is 0 Å². The number of hydrogen-bond acceptors (Lipinski definition) is 6. The number of carbonyl (C=O) groups is 2. The molecule has 3 aliphatic carbocycles. The highest BCUT2D eigenvalue weighted by Crippen LogP contribution is 2.50. The predicted molar refractivity (Wildman–Crippen MR) is 134 cm³/mol. The summed E-state index contributed by atoms with van der Waals surface area (Å²) >= 11 is 0. The molecule has 6 atom stereocenters. The molecular formula is C28H42N2O5. The minimum absolute atomic E-state index is 0.0123. The number of likely N-dealkylation sites (tertiary alicyclic amines) is 1. The van der Waals surface area contributed by atoms with Crippen LogP contribution in [0.2, 0.25) is 0 Å². The number of oxime groups is 1. The molecule has 0 aromatic carbocycles. The fourth-order valence-corrected chi connectivity index (χ4v) is 6.69. The van der Waals surface area contributed by atoms with Crippen molar-refractivity contribution in [2.75, 3.05) is 6.61 Å². The molecule has 194 valence electrons. The van der Waals surface area contributed by atoms with Gasteiger partial charge in [-0.1, -0.05) is 41.6 Å². The number of hydrogen-bond donors (Lipinski definition) is 2. The number of imide groups is 1. The van der Waals surface area contributed by atoms with Gasteiger partial charge in [0.2, 0.25) is 11.8 Å². The quantitative estimate of drug-likeness (QED) is 0.244. The van der Waals surface area contributed by atoms with Gasteiger partial charge in [-0.05, 0) is 65.4 Å². The summed E-state index contributed by atoms with van der Waals surface area (Å²) in [5.74, 6) is -1.83. The van der Waals surface area contributed by atoms with Gasteiger partial charge in [-0.2, -0.15) is 0 Å². The number of allylic oxidation sites excluding steroid dienone is 3. The fourth-order valence-electron chi connectivity index (χ4n) is 6.69. The molecule has 0 unspecified atom stereocenters. The van der Waals surface area contributed by atoms with Crippen molar-refractivity contribution in [1.29, 1.82) is 0 Å². The minimum atomic E-state index is -1.04. The molecule has 0 aromatic heterocycles. The first-order valence-electron chi connectivity index (χ1n) is 13.5. The van der Waals surface area contributed by atoms with Gasteiger partial charge in [0.25, 0.3) is 0 Å². The Labute approximate surface area is 209 Å². The van der Waals surface area contributed by atoms with Gasteiger partial charge in [-0.25, -0.2) is 0 Å². The maximum Gasteiger partial charge on any atom is 0.233 e. The van der Waals surface area contributed by atoms with E-state index in [1.165, 1.54) is 16.0 Å². The molecule has 7 heteroatoms. The van der Waals surface area contributed by atoms with E-state index in [-0.39, 0.29) is 36.1 Å². The normalized spacial score (nSPS) is 35.2. The fraction of sp³-hybridized carbons (Fsp3) is 0.750. The molecule has 1 heterocycles. The lowest BCUT2D eigenvalue weighted by Crippen LogP contribution is -2.54. The van der Waals surface area contributed by atoms with Crippen molar-refractivity contribution in [3.05, 3.63) is 23.3 Å². The Hall–Kier alpha value is -1.99. The topological polar surface area (TPSA) is 99.4 Å². The van der Waals surface area contributed by atoms with Crippen LogP contribution < -0.4 is 0 Å². The number of nitrogens with zero attached hydrogens (tertiary/aromatic N) is 2. The highest BCUT2D eigenvalue weighted by molar-refractivity contribution is 6.06. The van der Waals surface area contributed by atoms with Crippen LogP contribution in [0.1, 0.15) is 85.0 Å². The molecule has 0 aromatic rings. The van der Waals surface area contributed by atoms with E-state index in [4.69, 9.17) is 4.84 Å². The second-order valence-corrected chi connectivity index (χ2v) is 11.2. The molecule has 7 nitrogen and oxygen atoms in total. The summed E-state index contributed by atoms with van der Waals surface area (Å²) in [5, 5.41) is 26.0. The third kappa shape index (κ3) is 5.56. The predicted octanol–water partition coefficient (Wildman–Crippen LogP) is 4.14. The highest BCUT2D eigenvalue weighted by Gasteiger charge is 2.60. The van der Waals surface area contributed by atoms with Gasteiger partial charge in [-0.15, -0.1) is 0 Å². The van der Waals surface area contributed by atoms with Crippen LogP contribution in [0.15, 0.2) is 28.5 Å². The summed E-state index contributed by atoms with van der Waals surface area (Å²) in [5.41, 5.74) is 3.25. The summed E-state index contributed by atoms with van der Waals surface area (Å²) < 4.78 is 0. The molecule has 0 radical (unpaired) electrons. The SMILES string of the molecule is CC(C)=CCCC(C)=CCON=C1C[C@@H](O)[C@@H](O)[C@@H]2[C@@H]3C(=O)N(C4CCCCC4)C(=O)[C@@H]3CC[C@H]12. The summed E-state index contributed by atoms with van der Waals surface area (Å²) in [6.45, 7) is 6.61. The number of amides is 2. The van der Waals surface area contributed by atoms with Gasteiger partial charge in [-0.3, -0.25) is 14.5 Å². The average Bonchev–Trinajstić information content (AvgIpc) is 3.09. The van der Waals surface area contributed by atoms with Crippen LogP contribution >= 0.6 is 0 Å². The van der Waals surface area contributed by atoms with Gasteiger partial charge >= 0.3 is 0 Å². The Kier molecular flexibility index (Phi) is 8.48. The summed E-state index contributed by atoms with van der Waals surface area (Å²) in [6.07, 6.45) is 10.7. The third-order valence-corrected chi connectivity index (χ3v) is 8.53. The lowest BCUT2D eigenvalue weighted by molar-refractivity contribution is -0.145. The van der Waals surface area contributed by atoms with Crippen LogP contribution in [0, 0.1) is 23.7 Å². The van der Waals surface area contributed by atoms with Crippen molar-refractivity contribution in [3.8, 4) is 0 Å². The maximum atomic E-state index is 13.6. The standard InChI is InChI=1S/C28H42N2O5/c1-17(2)8-7-9-18(3)14-15-35-29-22-16-23(31)26(32)24-20(22)12-13-21-25(24)28(34)30(27(21)33)19-10-5-4-6-11-19/h8,14,19-21,23-26,31-32H,4-7,9-13,15-16H2,1-3H3/t20-,21-,23-,24+,25-,26-/m1/s1. The van der Waals surface area contributed by atoms with Crippen LogP contribution in [0.3, 0.4) is 0 Å². The van der Waals surface area contributed by atoms with Gasteiger partial charge < -0.3 is 15.1 Å². The first-order chi connectivity index (χ1) is 16.8. The number of aliphatic hydroxyl groups is 2. The van der Waals surface area contributed by atoms with Crippen molar-refractivity contribution >= 4 is 17.5 Å². The number of carbonyl (C=O) groups excluding carboxylic acids is 2. The van der Waals surface area contributed by atoms with Crippen molar-refractivity contribution in [3.63, 3.8) is 0 Å². The second-order valence-electron chi connectivity index (χ2n) is 11.2. The summed E-state index contributed by atoms with van der Waals surface area (Å²) in [6, 6.07) is -0.0123. The molecule has 1 aliphatic heterocycles. The molecule has 4 aliphatic rings. The summed E-state index contributed by atoms with van der Waals surface area (Å²) in [7, 11) is 0. The van der Waals surface area contributed by atoms with Gasteiger partial charge in [0.1, 0.15) is 6.61 Å². The van der Waals surface area contributed by atoms with E-state index in [0.717, 1.165) is 44.9 Å². The smallest absolute Gasteiger partial charge is 0.233 e. The van der Waals surface area contributed by atoms with E-state index in [9.17, 15) is 19.8 Å². The van der Waals surface area contributed by atoms with Gasteiger partial charge in [0.15, 0.2) is 0 Å². The Morgan fingerprint density at radius 3 is 2.43 bits per heavy atom. The molecule has 4 fully saturated rings. The molecule has 2 amide bonds. The Bertz CT molecular complexity index is 884. The molecule has 1 saturated heterocycles. The second kappa shape index (κ2) is 11.4. The third-order valence-electron chi connectivity index (χ3n) is 8.53. The zero-order chi connectivity index (χ0) is 25.1. The average molecular weight is 487 g/mol. The number of fused-ring (bicyclic) bond motifs is 3. The molecule has 0 spiro atoms. The number of aliphatic hydroxyl groups excluding tert-OH is 2. The summed E-state index contributed by atoms with van der Waals surface area (Å²) in [4.78, 5) is 34.0. The van der Waals surface area contributed by atoms with Crippen molar-refractivity contribution in [2.45, 2.75) is 103 Å². The molecule has 2 N–H and O–H groups in total. The molecular weight excluding hydrogens is 444 g/mol. The largest absolute Gasteiger partial charge is 0.392 e. The zero-order valence-corrected chi connectivity index (χ0v) is 21.5. The lowest BCUT2D eigenvalue weighted by Gasteiger charge is -2.45. The lowest BCUT2D eigenvalue weighted by atomic mass is 9.60. The maximum absolute atomic E-state index is 13.6. The first kappa shape index (κ1) is 26.1. The molecule has 0 bridgehead atoms. The van der Waals surface area contributed by atoms with Crippen LogP contribution in [-0.4, -0.2) is 57.5 Å². The van der Waals surface area contributed by atoms with E-state index in [2.05, 4.69) is 32.0 Å². The van der Waals surface area contributed by atoms with Crippen LogP contribution in [0.4, 0.5) is 0 Å². The van der Waals surface area contributed by atoms with E-state index in [1.54, 1.807) is 0 Å². The van der Waals surface area contributed by atoms with Crippen molar-refractivity contribution < 1.29 is 24.6 Å². The Morgan fingerprint density at radius 1 is 1.00 bits per heavy atom. The molecule has 35 heavy (non-hydrogen) atoms. The highest BCUT2D eigenvalue weighted by atomic mass is 16.6. The van der Waals surface area contributed by atoms with Crippen molar-refractivity contribution in [1.82, 2.24) is 4.90 Å².